The second kappa shape index (κ2) is 8.20. The van der Waals surface area contributed by atoms with Crippen LogP contribution in [0.15, 0.2) is 45.7 Å². The average Bonchev–Trinajstić information content (AvgIpc) is 2.97. The summed E-state index contributed by atoms with van der Waals surface area (Å²) in [7, 11) is -4.16. The molecule has 11 heteroatoms. The SMILES string of the molecule is CCOC(=O)Cn1c(=NS(=O)(=O)c2ccc(F)cc2)sc2c(Cl)ccc(Cl)c21. The van der Waals surface area contributed by atoms with E-state index in [0.717, 1.165) is 35.6 Å². The summed E-state index contributed by atoms with van der Waals surface area (Å²) in [5, 5.41) is 0.614. The molecule has 148 valence electrons. The maximum Gasteiger partial charge on any atom is 0.326 e. The van der Waals surface area contributed by atoms with Gasteiger partial charge in [-0.2, -0.15) is 8.42 Å². The fraction of sp³-hybridized carbons (Fsp3) is 0.176. The molecule has 0 fully saturated rings. The molecule has 6 nitrogen and oxygen atoms in total. The molecule has 0 amide bonds. The quantitative estimate of drug-likeness (QED) is 0.536. The maximum atomic E-state index is 13.1. The largest absolute Gasteiger partial charge is 0.465 e. The monoisotopic (exact) mass is 462 g/mol. The number of halogens is 3. The number of ether oxygens (including phenoxy) is 1. The molecule has 0 N–H and O–H groups in total. The Bertz CT molecular complexity index is 1220. The third-order valence-electron chi connectivity index (χ3n) is 3.63. The van der Waals surface area contributed by atoms with E-state index < -0.39 is 21.8 Å². The molecule has 0 atom stereocenters. The molecule has 0 aliphatic heterocycles. The van der Waals surface area contributed by atoms with Gasteiger partial charge in [-0.3, -0.25) is 4.79 Å². The van der Waals surface area contributed by atoms with Crippen LogP contribution >= 0.6 is 34.5 Å². The normalized spacial score (nSPS) is 12.5. The highest BCUT2D eigenvalue weighted by atomic mass is 35.5. The second-order valence-electron chi connectivity index (χ2n) is 5.50. The first-order valence-electron chi connectivity index (χ1n) is 7.92. The van der Waals surface area contributed by atoms with E-state index in [1.165, 1.54) is 4.57 Å². The first kappa shape index (κ1) is 20.8. The van der Waals surface area contributed by atoms with Crippen molar-refractivity contribution in [2.24, 2.45) is 4.40 Å². The Labute approximate surface area is 173 Å². The lowest BCUT2D eigenvalue weighted by Crippen LogP contribution is -2.23. The van der Waals surface area contributed by atoms with E-state index >= 15 is 0 Å². The van der Waals surface area contributed by atoms with Crippen molar-refractivity contribution in [3.05, 3.63) is 57.1 Å². The molecule has 0 unspecified atom stereocenters. The van der Waals surface area contributed by atoms with E-state index in [-0.39, 0.29) is 27.9 Å². The van der Waals surface area contributed by atoms with Crippen LogP contribution in [0.4, 0.5) is 4.39 Å². The molecule has 0 spiro atoms. The van der Waals surface area contributed by atoms with Gasteiger partial charge in [0.1, 0.15) is 12.4 Å². The topological polar surface area (TPSA) is 77.7 Å². The first-order valence-corrected chi connectivity index (χ1v) is 10.9. The number of fused-ring (bicyclic) bond motifs is 1. The summed E-state index contributed by atoms with van der Waals surface area (Å²) < 4.78 is 49.0. The molecule has 0 saturated carbocycles. The molecular weight excluding hydrogens is 450 g/mol. The van der Waals surface area contributed by atoms with Crippen molar-refractivity contribution in [1.29, 1.82) is 0 Å². The minimum atomic E-state index is -4.16. The van der Waals surface area contributed by atoms with Crippen LogP contribution in [-0.2, 0) is 26.1 Å². The van der Waals surface area contributed by atoms with Crippen molar-refractivity contribution in [3.8, 4) is 0 Å². The van der Waals surface area contributed by atoms with Crippen molar-refractivity contribution in [2.75, 3.05) is 6.61 Å². The Morgan fingerprint density at radius 1 is 1.18 bits per heavy atom. The minimum Gasteiger partial charge on any atom is -0.465 e. The van der Waals surface area contributed by atoms with Gasteiger partial charge in [-0.15, -0.1) is 4.40 Å². The van der Waals surface area contributed by atoms with Gasteiger partial charge in [0.05, 0.1) is 31.8 Å². The van der Waals surface area contributed by atoms with Gasteiger partial charge in [0.2, 0.25) is 4.80 Å². The summed E-state index contributed by atoms with van der Waals surface area (Å²) in [6.07, 6.45) is 0. The summed E-state index contributed by atoms with van der Waals surface area (Å²) in [4.78, 5) is 11.8. The summed E-state index contributed by atoms with van der Waals surface area (Å²) in [5.41, 5.74) is 0.375. The van der Waals surface area contributed by atoms with Crippen LogP contribution in [0.1, 0.15) is 6.92 Å². The molecule has 0 aliphatic rings. The summed E-state index contributed by atoms with van der Waals surface area (Å²) >= 11 is 13.4. The predicted octanol–water partition coefficient (Wildman–Crippen LogP) is 4.00. The third kappa shape index (κ3) is 4.22. The van der Waals surface area contributed by atoms with Crippen LogP contribution in [0.25, 0.3) is 10.2 Å². The lowest BCUT2D eigenvalue weighted by atomic mass is 10.3. The Morgan fingerprint density at radius 2 is 1.82 bits per heavy atom. The molecule has 0 aliphatic carbocycles. The van der Waals surface area contributed by atoms with Gasteiger partial charge in [0, 0.05) is 0 Å². The van der Waals surface area contributed by atoms with Gasteiger partial charge in [0.25, 0.3) is 10.0 Å². The van der Waals surface area contributed by atoms with Crippen LogP contribution in [0.5, 0.6) is 0 Å². The fourth-order valence-electron chi connectivity index (χ4n) is 2.43. The van der Waals surface area contributed by atoms with Crippen LogP contribution in [-0.4, -0.2) is 25.6 Å². The van der Waals surface area contributed by atoms with Crippen molar-refractivity contribution in [1.82, 2.24) is 4.57 Å². The van der Waals surface area contributed by atoms with Crippen molar-refractivity contribution >= 4 is 60.7 Å². The van der Waals surface area contributed by atoms with Gasteiger partial charge >= 0.3 is 5.97 Å². The van der Waals surface area contributed by atoms with Gasteiger partial charge in [-0.05, 0) is 43.3 Å². The molecule has 0 saturated heterocycles. The fourth-order valence-corrected chi connectivity index (χ4v) is 5.27. The number of hydrogen-bond acceptors (Lipinski definition) is 5. The van der Waals surface area contributed by atoms with E-state index in [1.807, 2.05) is 0 Å². The highest BCUT2D eigenvalue weighted by molar-refractivity contribution is 7.90. The van der Waals surface area contributed by atoms with E-state index in [2.05, 4.69) is 4.40 Å². The number of carbonyl (C=O) groups is 1. The van der Waals surface area contributed by atoms with Gasteiger partial charge < -0.3 is 9.30 Å². The lowest BCUT2D eigenvalue weighted by Gasteiger charge is -2.06. The zero-order valence-electron chi connectivity index (χ0n) is 14.4. The van der Waals surface area contributed by atoms with Crippen LogP contribution in [0.3, 0.4) is 0 Å². The van der Waals surface area contributed by atoms with Crippen LogP contribution in [0, 0.1) is 5.82 Å². The lowest BCUT2D eigenvalue weighted by molar-refractivity contribution is -0.143. The highest BCUT2D eigenvalue weighted by Gasteiger charge is 2.19. The van der Waals surface area contributed by atoms with Crippen molar-refractivity contribution in [3.63, 3.8) is 0 Å². The standard InChI is InChI=1S/C17H13Cl2FN2O4S2/c1-2-26-14(23)9-22-15-12(18)7-8-13(19)16(15)27-17(22)21-28(24,25)11-5-3-10(20)4-6-11/h3-8H,2,9H2,1H3. The second-order valence-corrected chi connectivity index (χ2v) is 8.90. The van der Waals surface area contributed by atoms with Crippen LogP contribution in [0.2, 0.25) is 10.0 Å². The molecule has 2 aromatic carbocycles. The first-order chi connectivity index (χ1) is 13.2. The Hall–Kier alpha value is -1.94. The number of esters is 1. The molecule has 28 heavy (non-hydrogen) atoms. The molecule has 0 bridgehead atoms. The maximum absolute atomic E-state index is 13.1. The number of thiazole rings is 1. The number of nitrogens with zero attached hydrogens (tertiary/aromatic N) is 2. The number of benzene rings is 2. The molecule has 3 rings (SSSR count). The van der Waals surface area contributed by atoms with E-state index in [0.29, 0.717) is 15.2 Å². The number of hydrogen-bond donors (Lipinski definition) is 0. The number of carbonyl (C=O) groups excluding carboxylic acids is 1. The van der Waals surface area contributed by atoms with Gasteiger partial charge in [-0.1, -0.05) is 34.5 Å². The molecule has 1 aromatic heterocycles. The zero-order valence-corrected chi connectivity index (χ0v) is 17.5. The Kier molecular flexibility index (Phi) is 6.09. The molecular formula is C17H13Cl2FN2O4S2. The zero-order chi connectivity index (χ0) is 20.5. The summed E-state index contributed by atoms with van der Waals surface area (Å²) in [5.74, 6) is -1.16. The van der Waals surface area contributed by atoms with Gasteiger partial charge in [0.15, 0.2) is 0 Å². The van der Waals surface area contributed by atoms with Crippen LogP contribution < -0.4 is 4.80 Å². The average molecular weight is 463 g/mol. The van der Waals surface area contributed by atoms with E-state index in [1.54, 1.807) is 19.1 Å². The predicted molar refractivity (Wildman–Crippen MR) is 106 cm³/mol. The van der Waals surface area contributed by atoms with Gasteiger partial charge in [-0.25, -0.2) is 4.39 Å². The van der Waals surface area contributed by atoms with Crippen molar-refractivity contribution in [2.45, 2.75) is 18.4 Å². The van der Waals surface area contributed by atoms with E-state index in [4.69, 9.17) is 27.9 Å². The van der Waals surface area contributed by atoms with Crippen molar-refractivity contribution < 1.29 is 22.3 Å². The smallest absolute Gasteiger partial charge is 0.326 e. The minimum absolute atomic E-state index is 0.0117. The Morgan fingerprint density at radius 3 is 2.46 bits per heavy atom. The number of rotatable bonds is 5. The molecule has 3 aromatic rings. The van der Waals surface area contributed by atoms with E-state index in [9.17, 15) is 17.6 Å². The molecule has 1 heterocycles. The third-order valence-corrected chi connectivity index (χ3v) is 6.87. The number of aromatic nitrogens is 1. The number of sulfonamides is 1. The summed E-state index contributed by atoms with van der Waals surface area (Å²) in [6, 6.07) is 7.37. The summed E-state index contributed by atoms with van der Waals surface area (Å²) in [6.45, 7) is 1.52. The Balaban J connectivity index is 2.26. The molecule has 0 radical (unpaired) electrons. The highest BCUT2D eigenvalue weighted by Crippen LogP contribution is 2.32.